The van der Waals surface area contributed by atoms with Gasteiger partial charge < -0.3 is 4.74 Å². The molecule has 0 heterocycles. The molecule has 2 nitrogen and oxygen atoms in total. The van der Waals surface area contributed by atoms with Crippen LogP contribution >= 0.6 is 0 Å². The van der Waals surface area contributed by atoms with E-state index < -0.39 is 8.07 Å². The lowest BCUT2D eigenvalue weighted by atomic mass is 10.2. The molecule has 0 aliphatic rings. The smallest absolute Gasteiger partial charge is 0.342 e. The first kappa shape index (κ1) is 11.7. The van der Waals surface area contributed by atoms with Crippen LogP contribution in [0, 0.1) is 0 Å². The zero-order chi connectivity index (χ0) is 11.5. The van der Waals surface area contributed by atoms with Crippen LogP contribution in [-0.2, 0) is 4.74 Å². The van der Waals surface area contributed by atoms with Crippen LogP contribution in [0.2, 0.25) is 19.6 Å². The Kier molecular flexibility index (Phi) is 3.47. The highest BCUT2D eigenvalue weighted by molar-refractivity contribution is 6.82. The van der Waals surface area contributed by atoms with Crippen molar-refractivity contribution in [2.24, 2.45) is 0 Å². The molecule has 0 fully saturated rings. The van der Waals surface area contributed by atoms with Gasteiger partial charge in [0.05, 0.1) is 10.9 Å². The number of rotatable bonds is 3. The van der Waals surface area contributed by atoms with E-state index in [4.69, 9.17) is 4.74 Å². The molecule has 0 bridgehead atoms. The molecule has 15 heavy (non-hydrogen) atoms. The van der Waals surface area contributed by atoms with Crippen molar-refractivity contribution >= 4 is 14.0 Å². The predicted molar refractivity (Wildman–Crippen MR) is 64.3 cm³/mol. The Morgan fingerprint density at radius 2 is 1.73 bits per heavy atom. The molecular weight excluding hydrogens is 204 g/mol. The molecule has 0 saturated heterocycles. The van der Waals surface area contributed by atoms with Gasteiger partial charge in [0.15, 0.2) is 0 Å². The second kappa shape index (κ2) is 4.44. The standard InChI is InChI=1S/C12H16O2Si/c1-10(15(2,3)4)14-12(13)11-8-6-5-7-9-11/h5-9H,1H2,2-4H3. The third-order valence-electron chi connectivity index (χ3n) is 2.06. The molecule has 1 aromatic rings. The molecule has 0 aliphatic carbocycles. The zero-order valence-electron chi connectivity index (χ0n) is 9.41. The SMILES string of the molecule is C=C(OC(=O)c1ccccc1)[Si](C)(C)C. The van der Waals surface area contributed by atoms with Crippen molar-refractivity contribution in [2.45, 2.75) is 19.6 Å². The van der Waals surface area contributed by atoms with Crippen LogP contribution < -0.4 is 0 Å². The quantitative estimate of drug-likeness (QED) is 0.444. The summed E-state index contributed by atoms with van der Waals surface area (Å²) in [7, 11) is -1.59. The summed E-state index contributed by atoms with van der Waals surface area (Å²) in [5, 5.41) is 0.622. The molecule has 0 unspecified atom stereocenters. The molecule has 0 amide bonds. The fraction of sp³-hybridized carbons (Fsp3) is 0.250. The molecule has 0 N–H and O–H groups in total. The minimum atomic E-state index is -1.59. The van der Waals surface area contributed by atoms with Crippen LogP contribution in [0.3, 0.4) is 0 Å². The van der Waals surface area contributed by atoms with E-state index in [-0.39, 0.29) is 5.97 Å². The Bertz CT molecular complexity index is 363. The fourth-order valence-corrected chi connectivity index (χ4v) is 1.30. The lowest BCUT2D eigenvalue weighted by Crippen LogP contribution is -2.26. The number of esters is 1. The molecule has 0 atom stereocenters. The Morgan fingerprint density at radius 3 is 2.20 bits per heavy atom. The van der Waals surface area contributed by atoms with Gasteiger partial charge in [-0.25, -0.2) is 4.79 Å². The molecule has 0 saturated carbocycles. The highest BCUT2D eigenvalue weighted by atomic mass is 28.3. The van der Waals surface area contributed by atoms with Gasteiger partial charge in [-0.3, -0.25) is 0 Å². The van der Waals surface area contributed by atoms with Gasteiger partial charge in [-0.1, -0.05) is 44.4 Å². The summed E-state index contributed by atoms with van der Waals surface area (Å²) in [5.74, 6) is -0.317. The van der Waals surface area contributed by atoms with E-state index in [2.05, 4.69) is 26.2 Å². The Balaban J connectivity index is 2.70. The zero-order valence-corrected chi connectivity index (χ0v) is 10.4. The van der Waals surface area contributed by atoms with E-state index in [1.54, 1.807) is 12.1 Å². The Hall–Kier alpha value is -1.35. The topological polar surface area (TPSA) is 26.3 Å². The summed E-state index contributed by atoms with van der Waals surface area (Å²) < 4.78 is 5.23. The number of benzene rings is 1. The molecular formula is C12H16O2Si. The molecule has 80 valence electrons. The molecule has 3 heteroatoms. The van der Waals surface area contributed by atoms with E-state index in [1.165, 1.54) is 0 Å². The van der Waals surface area contributed by atoms with Crippen molar-refractivity contribution in [2.75, 3.05) is 0 Å². The third kappa shape index (κ3) is 3.36. The predicted octanol–water partition coefficient (Wildman–Crippen LogP) is 3.23. The van der Waals surface area contributed by atoms with Crippen LogP contribution in [0.5, 0.6) is 0 Å². The number of carbonyl (C=O) groups is 1. The van der Waals surface area contributed by atoms with Gasteiger partial charge in [0, 0.05) is 0 Å². The van der Waals surface area contributed by atoms with Crippen molar-refractivity contribution in [3.8, 4) is 0 Å². The van der Waals surface area contributed by atoms with E-state index in [9.17, 15) is 4.79 Å². The molecule has 0 aromatic heterocycles. The molecule has 0 aliphatic heterocycles. The number of carbonyl (C=O) groups excluding carboxylic acids is 1. The first-order valence-electron chi connectivity index (χ1n) is 4.88. The van der Waals surface area contributed by atoms with Gasteiger partial charge in [-0.2, -0.15) is 0 Å². The third-order valence-corrected chi connectivity index (χ3v) is 3.84. The average molecular weight is 220 g/mol. The van der Waals surface area contributed by atoms with Gasteiger partial charge >= 0.3 is 5.97 Å². The second-order valence-electron chi connectivity index (χ2n) is 4.43. The highest BCUT2D eigenvalue weighted by Crippen LogP contribution is 2.15. The number of ether oxygens (including phenoxy) is 1. The largest absolute Gasteiger partial charge is 0.433 e. The van der Waals surface area contributed by atoms with Gasteiger partial charge in [0.2, 0.25) is 0 Å². The Labute approximate surface area is 91.6 Å². The lowest BCUT2D eigenvalue weighted by molar-refractivity contribution is 0.0646. The summed E-state index contributed by atoms with van der Waals surface area (Å²) in [6.07, 6.45) is 0. The van der Waals surface area contributed by atoms with Gasteiger partial charge in [0.25, 0.3) is 0 Å². The van der Waals surface area contributed by atoms with E-state index >= 15 is 0 Å². The maximum absolute atomic E-state index is 11.6. The van der Waals surface area contributed by atoms with Crippen molar-refractivity contribution < 1.29 is 9.53 Å². The first-order chi connectivity index (χ1) is 6.91. The fourth-order valence-electron chi connectivity index (χ4n) is 0.898. The minimum Gasteiger partial charge on any atom is -0.433 e. The van der Waals surface area contributed by atoms with Crippen LogP contribution in [0.1, 0.15) is 10.4 Å². The first-order valence-corrected chi connectivity index (χ1v) is 8.38. The van der Waals surface area contributed by atoms with E-state index in [0.29, 0.717) is 10.9 Å². The van der Waals surface area contributed by atoms with Crippen molar-refractivity contribution in [3.05, 3.63) is 47.9 Å². The van der Waals surface area contributed by atoms with Crippen LogP contribution in [0.15, 0.2) is 42.3 Å². The Morgan fingerprint density at radius 1 is 1.20 bits per heavy atom. The monoisotopic (exact) mass is 220 g/mol. The minimum absolute atomic E-state index is 0.317. The van der Waals surface area contributed by atoms with Crippen LogP contribution in [0.25, 0.3) is 0 Å². The molecule has 1 aromatic carbocycles. The summed E-state index contributed by atoms with van der Waals surface area (Å²) in [6.45, 7) is 10.1. The summed E-state index contributed by atoms with van der Waals surface area (Å²) in [4.78, 5) is 11.6. The van der Waals surface area contributed by atoms with Gasteiger partial charge in [-0.05, 0) is 12.1 Å². The second-order valence-corrected chi connectivity index (χ2v) is 9.49. The van der Waals surface area contributed by atoms with Crippen molar-refractivity contribution in [3.63, 3.8) is 0 Å². The normalized spacial score (nSPS) is 10.9. The summed E-state index contributed by atoms with van der Waals surface area (Å²) in [5.41, 5.74) is 0.567. The van der Waals surface area contributed by atoms with E-state index in [0.717, 1.165) is 0 Å². The van der Waals surface area contributed by atoms with Gasteiger partial charge in [-0.15, -0.1) is 0 Å². The van der Waals surface area contributed by atoms with Crippen LogP contribution in [-0.4, -0.2) is 14.0 Å². The van der Waals surface area contributed by atoms with E-state index in [1.807, 2.05) is 18.2 Å². The molecule has 0 spiro atoms. The van der Waals surface area contributed by atoms with Gasteiger partial charge in [0.1, 0.15) is 8.07 Å². The highest BCUT2D eigenvalue weighted by Gasteiger charge is 2.22. The summed E-state index contributed by atoms with van der Waals surface area (Å²) in [6, 6.07) is 8.96. The van der Waals surface area contributed by atoms with Crippen molar-refractivity contribution in [1.29, 1.82) is 0 Å². The summed E-state index contributed by atoms with van der Waals surface area (Å²) >= 11 is 0. The average Bonchev–Trinajstić information content (AvgIpc) is 2.17. The number of hydrogen-bond acceptors (Lipinski definition) is 2. The lowest BCUT2D eigenvalue weighted by Gasteiger charge is -2.18. The number of hydrogen-bond donors (Lipinski definition) is 0. The molecule has 1 rings (SSSR count). The molecule has 0 radical (unpaired) electrons. The van der Waals surface area contributed by atoms with Crippen LogP contribution in [0.4, 0.5) is 0 Å². The van der Waals surface area contributed by atoms with Crippen molar-refractivity contribution in [1.82, 2.24) is 0 Å². The maximum atomic E-state index is 11.6. The maximum Gasteiger partial charge on any atom is 0.342 e.